The number of piperidine rings is 1. The number of aliphatic hydroxyl groups excluding tert-OH is 1. The fraction of sp³-hybridized carbons (Fsp3) is 0.368. The second-order valence-corrected chi connectivity index (χ2v) is 6.49. The Morgan fingerprint density at radius 3 is 2.72 bits per heavy atom. The van der Waals surface area contributed by atoms with E-state index >= 15 is 0 Å². The van der Waals surface area contributed by atoms with Crippen LogP contribution in [0.4, 0.5) is 5.82 Å². The number of anilines is 1. The van der Waals surface area contributed by atoms with Crippen molar-refractivity contribution in [2.45, 2.75) is 25.9 Å². The first kappa shape index (κ1) is 15.9. The van der Waals surface area contributed by atoms with Crippen molar-refractivity contribution in [3.05, 3.63) is 42.4 Å². The van der Waals surface area contributed by atoms with Crippen LogP contribution >= 0.6 is 0 Å². The lowest BCUT2D eigenvalue weighted by Gasteiger charge is -2.30. The maximum Gasteiger partial charge on any atom is 0.180 e. The Morgan fingerprint density at radius 1 is 1.20 bits per heavy atom. The highest BCUT2D eigenvalue weighted by molar-refractivity contribution is 5.72. The van der Waals surface area contributed by atoms with E-state index in [0.717, 1.165) is 60.0 Å². The maximum absolute atomic E-state index is 9.73. The van der Waals surface area contributed by atoms with Crippen molar-refractivity contribution in [1.82, 2.24) is 14.4 Å². The highest BCUT2D eigenvalue weighted by Gasteiger charge is 2.21. The molecule has 0 unspecified atom stereocenters. The van der Waals surface area contributed by atoms with E-state index in [0.29, 0.717) is 0 Å². The largest absolute Gasteiger partial charge is 0.496 e. The lowest BCUT2D eigenvalue weighted by molar-refractivity contribution is 0.145. The van der Waals surface area contributed by atoms with Crippen molar-refractivity contribution in [3.63, 3.8) is 0 Å². The molecule has 0 aliphatic carbocycles. The number of aliphatic hydroxyl groups is 1. The van der Waals surface area contributed by atoms with Crippen molar-refractivity contribution in [3.8, 4) is 17.0 Å². The van der Waals surface area contributed by atoms with Gasteiger partial charge in [-0.15, -0.1) is 0 Å². The second kappa shape index (κ2) is 6.37. The molecule has 25 heavy (non-hydrogen) atoms. The molecule has 6 nitrogen and oxygen atoms in total. The molecule has 0 amide bonds. The zero-order chi connectivity index (χ0) is 17.4. The Hall–Kier alpha value is -2.60. The second-order valence-electron chi connectivity index (χ2n) is 6.49. The molecule has 4 rings (SSSR count). The molecule has 3 aromatic rings. The van der Waals surface area contributed by atoms with Gasteiger partial charge >= 0.3 is 0 Å². The number of methoxy groups -OCH3 is 1. The molecule has 1 aliphatic heterocycles. The summed E-state index contributed by atoms with van der Waals surface area (Å²) in [7, 11) is 1.68. The first-order chi connectivity index (χ1) is 12.2. The van der Waals surface area contributed by atoms with Gasteiger partial charge in [-0.25, -0.2) is 9.97 Å². The minimum absolute atomic E-state index is 0.200. The Bertz CT molecular complexity index is 898. The van der Waals surface area contributed by atoms with E-state index < -0.39 is 0 Å². The number of hydrogen-bond donors (Lipinski definition) is 1. The van der Waals surface area contributed by atoms with Crippen LogP contribution < -0.4 is 9.64 Å². The molecule has 0 spiro atoms. The van der Waals surface area contributed by atoms with Gasteiger partial charge in [0.05, 0.1) is 25.1 Å². The normalized spacial score (nSPS) is 15.7. The average molecular weight is 338 g/mol. The third-order valence-corrected chi connectivity index (χ3v) is 4.86. The van der Waals surface area contributed by atoms with E-state index in [2.05, 4.69) is 25.3 Å². The SMILES string of the molecule is COc1ccc(-c2cnc3c(N4CCC(O)CC4)nccn23)cc1C. The summed E-state index contributed by atoms with van der Waals surface area (Å²) in [4.78, 5) is 11.4. The number of ether oxygens (including phenoxy) is 1. The third kappa shape index (κ3) is 2.82. The summed E-state index contributed by atoms with van der Waals surface area (Å²) in [5.41, 5.74) is 4.06. The first-order valence-corrected chi connectivity index (χ1v) is 8.57. The third-order valence-electron chi connectivity index (χ3n) is 4.86. The Balaban J connectivity index is 1.75. The van der Waals surface area contributed by atoms with Gasteiger partial charge in [-0.1, -0.05) is 0 Å². The van der Waals surface area contributed by atoms with Crippen LogP contribution in [0.15, 0.2) is 36.8 Å². The highest BCUT2D eigenvalue weighted by Crippen LogP contribution is 2.29. The van der Waals surface area contributed by atoms with Crippen molar-refractivity contribution in [1.29, 1.82) is 0 Å². The summed E-state index contributed by atoms with van der Waals surface area (Å²) in [6.45, 7) is 3.65. The number of hydrogen-bond acceptors (Lipinski definition) is 5. The summed E-state index contributed by atoms with van der Waals surface area (Å²) >= 11 is 0. The van der Waals surface area contributed by atoms with Crippen LogP contribution in [-0.4, -0.2) is 45.8 Å². The minimum atomic E-state index is -0.200. The molecule has 0 radical (unpaired) electrons. The summed E-state index contributed by atoms with van der Waals surface area (Å²) < 4.78 is 7.43. The van der Waals surface area contributed by atoms with E-state index in [4.69, 9.17) is 4.74 Å². The lowest BCUT2D eigenvalue weighted by Crippen LogP contribution is -2.36. The molecule has 1 aliphatic rings. The minimum Gasteiger partial charge on any atom is -0.496 e. The van der Waals surface area contributed by atoms with Crippen LogP contribution in [0.1, 0.15) is 18.4 Å². The standard InChI is InChI=1S/C19H22N4O2/c1-13-11-14(3-4-17(13)25-2)16-12-21-19-18(20-7-10-23(16)19)22-8-5-15(24)6-9-22/h3-4,7,10-12,15,24H,5-6,8-9H2,1-2H3. The van der Waals surface area contributed by atoms with Crippen LogP contribution in [0.5, 0.6) is 5.75 Å². The van der Waals surface area contributed by atoms with E-state index in [-0.39, 0.29) is 6.10 Å². The number of benzene rings is 1. The van der Waals surface area contributed by atoms with Gasteiger partial charge in [0.2, 0.25) is 0 Å². The van der Waals surface area contributed by atoms with Gasteiger partial charge in [0.25, 0.3) is 0 Å². The molecule has 0 atom stereocenters. The molecular weight excluding hydrogens is 316 g/mol. The smallest absolute Gasteiger partial charge is 0.180 e. The molecule has 1 saturated heterocycles. The summed E-state index contributed by atoms with van der Waals surface area (Å²) in [6.07, 6.45) is 6.99. The van der Waals surface area contributed by atoms with Gasteiger partial charge in [-0.2, -0.15) is 0 Å². The number of nitrogens with zero attached hydrogens (tertiary/aromatic N) is 4. The maximum atomic E-state index is 9.73. The number of aryl methyl sites for hydroxylation is 1. The van der Waals surface area contributed by atoms with E-state index in [1.165, 1.54) is 0 Å². The van der Waals surface area contributed by atoms with E-state index in [1.54, 1.807) is 7.11 Å². The number of aromatic nitrogens is 3. The fourth-order valence-corrected chi connectivity index (χ4v) is 3.46. The molecular formula is C19H22N4O2. The van der Waals surface area contributed by atoms with Gasteiger partial charge in [-0.05, 0) is 43.5 Å². The lowest BCUT2D eigenvalue weighted by atomic mass is 10.1. The van der Waals surface area contributed by atoms with Crippen LogP contribution in [-0.2, 0) is 0 Å². The van der Waals surface area contributed by atoms with Crippen LogP contribution in [0.3, 0.4) is 0 Å². The number of imidazole rings is 1. The molecule has 6 heteroatoms. The van der Waals surface area contributed by atoms with Crippen LogP contribution in [0.25, 0.3) is 16.9 Å². The fourth-order valence-electron chi connectivity index (χ4n) is 3.46. The van der Waals surface area contributed by atoms with Gasteiger partial charge in [0, 0.05) is 31.0 Å². The zero-order valence-corrected chi connectivity index (χ0v) is 14.5. The molecule has 1 N–H and O–H groups in total. The molecule has 0 bridgehead atoms. The topological polar surface area (TPSA) is 62.9 Å². The average Bonchev–Trinajstić information content (AvgIpc) is 3.06. The van der Waals surface area contributed by atoms with Crippen molar-refractivity contribution < 1.29 is 9.84 Å². The van der Waals surface area contributed by atoms with Gasteiger partial charge in [-0.3, -0.25) is 4.40 Å². The predicted molar refractivity (Wildman–Crippen MR) is 97.2 cm³/mol. The van der Waals surface area contributed by atoms with Gasteiger partial charge in [0.15, 0.2) is 11.5 Å². The molecule has 1 aromatic carbocycles. The van der Waals surface area contributed by atoms with Gasteiger partial charge in [0.1, 0.15) is 5.75 Å². The summed E-state index contributed by atoms with van der Waals surface area (Å²) in [5.74, 6) is 1.76. The molecule has 0 saturated carbocycles. The Kier molecular flexibility index (Phi) is 4.05. The first-order valence-electron chi connectivity index (χ1n) is 8.57. The number of fused-ring (bicyclic) bond motifs is 1. The van der Waals surface area contributed by atoms with E-state index in [9.17, 15) is 5.11 Å². The highest BCUT2D eigenvalue weighted by atomic mass is 16.5. The van der Waals surface area contributed by atoms with Crippen LogP contribution in [0.2, 0.25) is 0 Å². The molecule has 2 aromatic heterocycles. The predicted octanol–water partition coefficient (Wildman–Crippen LogP) is 2.67. The molecule has 130 valence electrons. The molecule has 1 fully saturated rings. The Labute approximate surface area is 146 Å². The summed E-state index contributed by atoms with van der Waals surface area (Å²) in [6, 6.07) is 6.14. The van der Waals surface area contributed by atoms with Crippen molar-refractivity contribution in [2.75, 3.05) is 25.1 Å². The Morgan fingerprint density at radius 2 is 2.00 bits per heavy atom. The number of rotatable bonds is 3. The van der Waals surface area contributed by atoms with Crippen molar-refractivity contribution >= 4 is 11.5 Å². The monoisotopic (exact) mass is 338 g/mol. The van der Waals surface area contributed by atoms with Crippen LogP contribution in [0, 0.1) is 6.92 Å². The van der Waals surface area contributed by atoms with E-state index in [1.807, 2.05) is 37.6 Å². The zero-order valence-electron chi connectivity index (χ0n) is 14.5. The quantitative estimate of drug-likeness (QED) is 0.795. The molecule has 3 heterocycles. The van der Waals surface area contributed by atoms with Gasteiger partial charge < -0.3 is 14.7 Å². The van der Waals surface area contributed by atoms with Crippen molar-refractivity contribution in [2.24, 2.45) is 0 Å². The summed E-state index contributed by atoms with van der Waals surface area (Å²) in [5, 5.41) is 9.73.